The lowest BCUT2D eigenvalue weighted by Gasteiger charge is -2.28. The molecule has 3 heteroatoms. The van der Waals surface area contributed by atoms with Crippen LogP contribution >= 0.6 is 0 Å². The molecule has 0 heterocycles. The van der Waals surface area contributed by atoms with Gasteiger partial charge in [0, 0.05) is 0 Å². The summed E-state index contributed by atoms with van der Waals surface area (Å²) in [7, 11) is 0. The second-order valence-electron chi connectivity index (χ2n) is 6.37. The zero-order chi connectivity index (χ0) is 16.6. The van der Waals surface area contributed by atoms with Gasteiger partial charge in [-0.2, -0.15) is 0 Å². The van der Waals surface area contributed by atoms with Crippen molar-refractivity contribution in [1.82, 2.24) is 0 Å². The van der Waals surface area contributed by atoms with Crippen LogP contribution in [0.1, 0.15) is 58.4 Å². The van der Waals surface area contributed by atoms with Gasteiger partial charge in [0.2, 0.25) is 0 Å². The first-order valence-electron chi connectivity index (χ1n) is 8.06. The molecule has 2 N–H and O–H groups in total. The highest BCUT2D eigenvalue weighted by Gasteiger charge is 2.37. The average molecular weight is 304 g/mol. The van der Waals surface area contributed by atoms with E-state index in [0.717, 1.165) is 43.2 Å². The van der Waals surface area contributed by atoms with Gasteiger partial charge < -0.3 is 10.2 Å². The lowest BCUT2D eigenvalue weighted by molar-refractivity contribution is -0.151. The zero-order valence-corrected chi connectivity index (χ0v) is 13.9. The number of carboxylic acids is 1. The molecule has 0 fully saturated rings. The van der Waals surface area contributed by atoms with Gasteiger partial charge in [-0.15, -0.1) is 0 Å². The molecular weight excluding hydrogens is 276 g/mol. The minimum absolute atomic E-state index is 0.729. The Bertz CT molecular complexity index is 489. The molecule has 0 radical (unpaired) electrons. The van der Waals surface area contributed by atoms with Crippen molar-refractivity contribution in [2.75, 3.05) is 0 Å². The molecular formula is C19H28O3. The summed E-state index contributed by atoms with van der Waals surface area (Å²) in [6, 6.07) is 9.75. The SMILES string of the molecule is CCCCCC/C(=C/c1ccccc1)C(O)C(C)(C)C(=O)O. The summed E-state index contributed by atoms with van der Waals surface area (Å²) < 4.78 is 0. The topological polar surface area (TPSA) is 57.5 Å². The predicted octanol–water partition coefficient (Wildman–Crippen LogP) is 4.51. The summed E-state index contributed by atoms with van der Waals surface area (Å²) in [5.74, 6) is -0.979. The monoisotopic (exact) mass is 304 g/mol. The summed E-state index contributed by atoms with van der Waals surface area (Å²) in [4.78, 5) is 11.4. The van der Waals surface area contributed by atoms with Crippen molar-refractivity contribution in [3.05, 3.63) is 41.5 Å². The number of carboxylic acid groups (broad SMARTS) is 1. The molecule has 0 aliphatic carbocycles. The van der Waals surface area contributed by atoms with Crippen LogP contribution in [0.4, 0.5) is 0 Å². The molecule has 0 bridgehead atoms. The third-order valence-corrected chi connectivity index (χ3v) is 4.06. The van der Waals surface area contributed by atoms with Gasteiger partial charge in [-0.25, -0.2) is 0 Å². The summed E-state index contributed by atoms with van der Waals surface area (Å²) in [6.45, 7) is 5.30. The van der Waals surface area contributed by atoms with Crippen LogP contribution in [0.5, 0.6) is 0 Å². The second kappa shape index (κ2) is 8.74. The van der Waals surface area contributed by atoms with E-state index < -0.39 is 17.5 Å². The molecule has 0 spiro atoms. The number of benzene rings is 1. The van der Waals surface area contributed by atoms with Crippen molar-refractivity contribution in [3.63, 3.8) is 0 Å². The number of hydrogen-bond acceptors (Lipinski definition) is 2. The van der Waals surface area contributed by atoms with Crippen molar-refractivity contribution in [1.29, 1.82) is 0 Å². The van der Waals surface area contributed by atoms with E-state index in [2.05, 4.69) is 6.92 Å². The summed E-state index contributed by atoms with van der Waals surface area (Å²) >= 11 is 0. The number of unbranched alkanes of at least 4 members (excludes halogenated alkanes) is 3. The number of rotatable bonds is 9. The van der Waals surface area contributed by atoms with E-state index in [1.807, 2.05) is 36.4 Å². The number of aliphatic carboxylic acids is 1. The Hall–Kier alpha value is -1.61. The third-order valence-electron chi connectivity index (χ3n) is 4.06. The first-order valence-corrected chi connectivity index (χ1v) is 8.06. The Balaban J connectivity index is 2.95. The van der Waals surface area contributed by atoms with E-state index >= 15 is 0 Å². The molecule has 1 unspecified atom stereocenters. The van der Waals surface area contributed by atoms with E-state index in [4.69, 9.17) is 0 Å². The number of aliphatic hydroxyl groups excluding tert-OH is 1. The van der Waals surface area contributed by atoms with E-state index in [1.54, 1.807) is 13.8 Å². The molecule has 1 atom stereocenters. The van der Waals surface area contributed by atoms with Gasteiger partial charge in [0.15, 0.2) is 0 Å². The lowest BCUT2D eigenvalue weighted by atomic mass is 9.80. The number of aliphatic hydroxyl groups is 1. The number of carbonyl (C=O) groups is 1. The molecule has 3 nitrogen and oxygen atoms in total. The van der Waals surface area contributed by atoms with Gasteiger partial charge in [-0.05, 0) is 37.8 Å². The van der Waals surface area contributed by atoms with Crippen molar-refractivity contribution < 1.29 is 15.0 Å². The minimum atomic E-state index is -1.19. The summed E-state index contributed by atoms with van der Waals surface area (Å²) in [6.07, 6.45) is 6.07. The molecule has 0 aliphatic rings. The molecule has 0 saturated carbocycles. The molecule has 1 aromatic rings. The van der Waals surface area contributed by atoms with Crippen LogP contribution in [0, 0.1) is 5.41 Å². The van der Waals surface area contributed by atoms with Crippen molar-refractivity contribution in [2.45, 2.75) is 59.0 Å². The quantitative estimate of drug-likeness (QED) is 0.660. The Labute approximate surface area is 133 Å². The fraction of sp³-hybridized carbons (Fsp3) is 0.526. The molecule has 0 amide bonds. The third kappa shape index (κ3) is 5.30. The normalized spacial score (nSPS) is 13.9. The standard InChI is InChI=1S/C19H28O3/c1-4-5-6-10-13-16(14-15-11-8-7-9-12-15)17(20)19(2,3)18(21)22/h7-9,11-12,14,17,20H,4-6,10,13H2,1-3H3,(H,21,22)/b16-14-. The van der Waals surface area contributed by atoms with Crippen LogP contribution in [-0.2, 0) is 4.79 Å². The van der Waals surface area contributed by atoms with Gasteiger partial charge in [0.1, 0.15) is 0 Å². The first-order chi connectivity index (χ1) is 10.4. The molecule has 1 rings (SSSR count). The van der Waals surface area contributed by atoms with Crippen molar-refractivity contribution in [2.24, 2.45) is 5.41 Å². The smallest absolute Gasteiger partial charge is 0.312 e. The van der Waals surface area contributed by atoms with Gasteiger partial charge in [-0.1, -0.05) is 62.6 Å². The Morgan fingerprint density at radius 2 is 1.82 bits per heavy atom. The maximum atomic E-state index is 11.4. The summed E-state index contributed by atoms with van der Waals surface area (Å²) in [5, 5.41) is 19.9. The maximum Gasteiger partial charge on any atom is 0.312 e. The molecule has 22 heavy (non-hydrogen) atoms. The summed E-state index contributed by atoms with van der Waals surface area (Å²) in [5.41, 5.74) is 0.605. The molecule has 1 aromatic carbocycles. The van der Waals surface area contributed by atoms with Crippen LogP contribution in [0.2, 0.25) is 0 Å². The van der Waals surface area contributed by atoms with Crippen LogP contribution in [0.3, 0.4) is 0 Å². The highest BCUT2D eigenvalue weighted by Crippen LogP contribution is 2.30. The van der Waals surface area contributed by atoms with Crippen LogP contribution in [0.25, 0.3) is 6.08 Å². The zero-order valence-electron chi connectivity index (χ0n) is 13.9. The van der Waals surface area contributed by atoms with Crippen molar-refractivity contribution >= 4 is 12.0 Å². The van der Waals surface area contributed by atoms with Gasteiger partial charge in [-0.3, -0.25) is 4.79 Å². The molecule has 0 aromatic heterocycles. The molecule has 122 valence electrons. The highest BCUT2D eigenvalue weighted by atomic mass is 16.4. The van der Waals surface area contributed by atoms with Gasteiger partial charge >= 0.3 is 5.97 Å². The minimum Gasteiger partial charge on any atom is -0.481 e. The fourth-order valence-electron chi connectivity index (χ4n) is 2.39. The molecule has 0 aliphatic heterocycles. The Morgan fingerprint density at radius 1 is 1.18 bits per heavy atom. The predicted molar refractivity (Wildman–Crippen MR) is 90.6 cm³/mol. The van der Waals surface area contributed by atoms with Gasteiger partial charge in [0.05, 0.1) is 11.5 Å². The Morgan fingerprint density at radius 3 is 2.36 bits per heavy atom. The second-order valence-corrected chi connectivity index (χ2v) is 6.37. The van der Waals surface area contributed by atoms with E-state index in [-0.39, 0.29) is 0 Å². The fourth-order valence-corrected chi connectivity index (χ4v) is 2.39. The van der Waals surface area contributed by atoms with Gasteiger partial charge in [0.25, 0.3) is 0 Å². The van der Waals surface area contributed by atoms with Crippen LogP contribution in [0.15, 0.2) is 35.9 Å². The highest BCUT2D eigenvalue weighted by molar-refractivity contribution is 5.75. The Kier molecular flexibility index (Phi) is 7.33. The first kappa shape index (κ1) is 18.4. The maximum absolute atomic E-state index is 11.4. The van der Waals surface area contributed by atoms with Crippen LogP contribution < -0.4 is 0 Å². The van der Waals surface area contributed by atoms with Crippen LogP contribution in [-0.4, -0.2) is 22.3 Å². The average Bonchev–Trinajstić information content (AvgIpc) is 2.50. The van der Waals surface area contributed by atoms with Crippen molar-refractivity contribution in [3.8, 4) is 0 Å². The lowest BCUT2D eigenvalue weighted by Crippen LogP contribution is -2.38. The number of hydrogen-bond donors (Lipinski definition) is 2. The van der Waals surface area contributed by atoms with E-state index in [0.29, 0.717) is 0 Å². The van der Waals surface area contributed by atoms with E-state index in [1.165, 1.54) is 0 Å². The largest absolute Gasteiger partial charge is 0.481 e. The van der Waals surface area contributed by atoms with E-state index in [9.17, 15) is 15.0 Å². The molecule has 0 saturated heterocycles.